The molecule has 1 aromatic rings. The number of carbonyl (C=O) groups excluding carboxylic acids is 1. The number of alkyl halides is 3. The Morgan fingerprint density at radius 1 is 1.40 bits per heavy atom. The average Bonchev–Trinajstić information content (AvgIpc) is 2.36. The number of hydrogen-bond donors (Lipinski definition) is 1. The van der Waals surface area contributed by atoms with Gasteiger partial charge in [-0.25, -0.2) is 0 Å². The highest BCUT2D eigenvalue weighted by Crippen LogP contribution is 2.31. The van der Waals surface area contributed by atoms with Gasteiger partial charge in [-0.2, -0.15) is 13.2 Å². The molecule has 3 nitrogen and oxygen atoms in total. The average molecular weight is 398 g/mol. The fourth-order valence-electron chi connectivity index (χ4n) is 2.18. The van der Waals surface area contributed by atoms with E-state index in [-0.39, 0.29) is 17.5 Å². The van der Waals surface area contributed by atoms with Gasteiger partial charge in [-0.15, -0.1) is 0 Å². The molecule has 110 valence electrons. The molecule has 7 heteroatoms. The molecule has 0 aromatic heterocycles. The standard InChI is InChI=1S/C13H14F3IN2O/c1-8-7-19(3-2-18-8)12(20)9-4-10(13(14,15)16)6-11(17)5-9/h4-6,8,18H,2-3,7H2,1H3. The topological polar surface area (TPSA) is 32.3 Å². The quantitative estimate of drug-likeness (QED) is 0.739. The molecule has 1 fully saturated rings. The van der Waals surface area contributed by atoms with Gasteiger partial charge < -0.3 is 10.2 Å². The zero-order valence-electron chi connectivity index (χ0n) is 10.8. The molecule has 2 rings (SSSR count). The van der Waals surface area contributed by atoms with E-state index in [4.69, 9.17) is 0 Å². The van der Waals surface area contributed by atoms with Crippen molar-refractivity contribution in [3.63, 3.8) is 0 Å². The number of piperazine rings is 1. The van der Waals surface area contributed by atoms with Crippen molar-refractivity contribution < 1.29 is 18.0 Å². The predicted octanol–water partition coefficient (Wildman–Crippen LogP) is 2.74. The van der Waals surface area contributed by atoms with E-state index in [1.165, 1.54) is 6.07 Å². The molecule has 1 aromatic carbocycles. The molecule has 20 heavy (non-hydrogen) atoms. The minimum absolute atomic E-state index is 0.0957. The summed E-state index contributed by atoms with van der Waals surface area (Å²) >= 11 is 1.80. The summed E-state index contributed by atoms with van der Waals surface area (Å²) in [5.41, 5.74) is -0.686. The third kappa shape index (κ3) is 3.63. The fraction of sp³-hybridized carbons (Fsp3) is 0.462. The smallest absolute Gasteiger partial charge is 0.336 e. The zero-order chi connectivity index (χ0) is 14.9. The monoisotopic (exact) mass is 398 g/mol. The second-order valence-corrected chi connectivity index (χ2v) is 6.08. The van der Waals surface area contributed by atoms with Gasteiger partial charge in [0.2, 0.25) is 0 Å². The van der Waals surface area contributed by atoms with Gasteiger partial charge >= 0.3 is 6.18 Å². The molecule has 1 aliphatic heterocycles. The van der Waals surface area contributed by atoms with Crippen LogP contribution in [0.4, 0.5) is 13.2 Å². The molecule has 1 unspecified atom stereocenters. The molecule has 0 radical (unpaired) electrons. The second-order valence-electron chi connectivity index (χ2n) is 4.83. The normalized spacial score (nSPS) is 20.1. The lowest BCUT2D eigenvalue weighted by atomic mass is 10.1. The third-order valence-corrected chi connectivity index (χ3v) is 3.75. The molecular weight excluding hydrogens is 384 g/mol. The Labute approximate surface area is 128 Å². The van der Waals surface area contributed by atoms with Crippen LogP contribution in [0, 0.1) is 3.57 Å². The van der Waals surface area contributed by atoms with Crippen molar-refractivity contribution in [3.8, 4) is 0 Å². The van der Waals surface area contributed by atoms with Crippen molar-refractivity contribution in [2.75, 3.05) is 19.6 Å². The van der Waals surface area contributed by atoms with Gasteiger partial charge in [0.15, 0.2) is 0 Å². The predicted molar refractivity (Wildman–Crippen MR) is 77.5 cm³/mol. The maximum Gasteiger partial charge on any atom is 0.416 e. The highest BCUT2D eigenvalue weighted by molar-refractivity contribution is 14.1. The fourth-order valence-corrected chi connectivity index (χ4v) is 2.85. The van der Waals surface area contributed by atoms with Crippen molar-refractivity contribution in [2.24, 2.45) is 0 Å². The van der Waals surface area contributed by atoms with E-state index in [0.29, 0.717) is 23.2 Å². The summed E-state index contributed by atoms with van der Waals surface area (Å²) in [7, 11) is 0. The van der Waals surface area contributed by atoms with E-state index in [1.54, 1.807) is 27.5 Å². The molecule has 0 saturated carbocycles. The number of halogens is 4. The first-order valence-corrected chi connectivity index (χ1v) is 7.25. The first kappa shape index (κ1) is 15.6. The first-order valence-electron chi connectivity index (χ1n) is 6.18. The molecular formula is C13H14F3IN2O. The largest absolute Gasteiger partial charge is 0.416 e. The molecule has 1 atom stereocenters. The second kappa shape index (κ2) is 5.88. The number of amides is 1. The number of benzene rings is 1. The maximum absolute atomic E-state index is 12.8. The lowest BCUT2D eigenvalue weighted by Gasteiger charge is -2.32. The van der Waals surface area contributed by atoms with E-state index in [0.717, 1.165) is 12.1 Å². The van der Waals surface area contributed by atoms with Crippen molar-refractivity contribution in [1.82, 2.24) is 10.2 Å². The summed E-state index contributed by atoms with van der Waals surface area (Å²) < 4.78 is 38.7. The molecule has 0 aliphatic carbocycles. The maximum atomic E-state index is 12.8. The Kier molecular flexibility index (Phi) is 4.58. The Bertz CT molecular complexity index is 519. The molecule has 0 spiro atoms. The van der Waals surface area contributed by atoms with Crippen molar-refractivity contribution in [2.45, 2.75) is 19.1 Å². The lowest BCUT2D eigenvalue weighted by Crippen LogP contribution is -2.51. The Morgan fingerprint density at radius 2 is 2.10 bits per heavy atom. The van der Waals surface area contributed by atoms with Crippen LogP contribution in [0.1, 0.15) is 22.8 Å². The number of carbonyl (C=O) groups is 1. The summed E-state index contributed by atoms with van der Waals surface area (Å²) in [5.74, 6) is -0.345. The number of rotatable bonds is 1. The molecule has 1 amide bonds. The van der Waals surface area contributed by atoms with Gasteiger partial charge in [-0.05, 0) is 47.7 Å². The van der Waals surface area contributed by atoms with Crippen LogP contribution < -0.4 is 5.32 Å². The molecule has 0 bridgehead atoms. The van der Waals surface area contributed by atoms with Crippen molar-refractivity contribution in [3.05, 3.63) is 32.9 Å². The van der Waals surface area contributed by atoms with Gasteiger partial charge in [-0.1, -0.05) is 0 Å². The number of nitrogens with zero attached hydrogens (tertiary/aromatic N) is 1. The van der Waals surface area contributed by atoms with Crippen LogP contribution in [0.3, 0.4) is 0 Å². The van der Waals surface area contributed by atoms with Gasteiger partial charge in [0.1, 0.15) is 0 Å². The Morgan fingerprint density at radius 3 is 2.70 bits per heavy atom. The van der Waals surface area contributed by atoms with Crippen LogP contribution in [-0.4, -0.2) is 36.5 Å². The summed E-state index contributed by atoms with van der Waals surface area (Å²) in [6, 6.07) is 3.61. The Balaban J connectivity index is 2.28. The number of hydrogen-bond acceptors (Lipinski definition) is 2. The first-order chi connectivity index (χ1) is 9.27. The SMILES string of the molecule is CC1CN(C(=O)c2cc(I)cc(C(F)(F)F)c2)CCN1. The summed E-state index contributed by atoms with van der Waals surface area (Å²) in [5, 5.41) is 3.19. The number of nitrogens with one attached hydrogen (secondary N) is 1. The van der Waals surface area contributed by atoms with E-state index < -0.39 is 11.7 Å². The van der Waals surface area contributed by atoms with Crippen LogP contribution in [0.5, 0.6) is 0 Å². The van der Waals surface area contributed by atoms with Gasteiger partial charge in [0.25, 0.3) is 5.91 Å². The van der Waals surface area contributed by atoms with E-state index in [9.17, 15) is 18.0 Å². The van der Waals surface area contributed by atoms with Crippen LogP contribution in [0.25, 0.3) is 0 Å². The summed E-state index contributed by atoms with van der Waals surface area (Å²) in [6.07, 6.45) is -4.44. The van der Waals surface area contributed by atoms with Crippen LogP contribution in [0.15, 0.2) is 18.2 Å². The van der Waals surface area contributed by atoms with E-state index >= 15 is 0 Å². The Hall–Kier alpha value is -0.830. The molecule has 1 aliphatic rings. The van der Waals surface area contributed by atoms with Crippen LogP contribution in [0.2, 0.25) is 0 Å². The zero-order valence-corrected chi connectivity index (χ0v) is 13.0. The molecule has 1 heterocycles. The van der Waals surface area contributed by atoms with Crippen molar-refractivity contribution >= 4 is 28.5 Å². The summed E-state index contributed by atoms with van der Waals surface area (Å²) in [4.78, 5) is 13.9. The van der Waals surface area contributed by atoms with E-state index in [1.807, 2.05) is 6.92 Å². The molecule has 1 N–H and O–H groups in total. The van der Waals surface area contributed by atoms with E-state index in [2.05, 4.69) is 5.32 Å². The highest BCUT2D eigenvalue weighted by atomic mass is 127. The lowest BCUT2D eigenvalue weighted by molar-refractivity contribution is -0.137. The van der Waals surface area contributed by atoms with Crippen LogP contribution >= 0.6 is 22.6 Å². The van der Waals surface area contributed by atoms with Crippen molar-refractivity contribution in [1.29, 1.82) is 0 Å². The van der Waals surface area contributed by atoms with Gasteiger partial charge in [-0.3, -0.25) is 4.79 Å². The molecule has 1 saturated heterocycles. The van der Waals surface area contributed by atoms with Crippen LogP contribution in [-0.2, 0) is 6.18 Å². The third-order valence-electron chi connectivity index (χ3n) is 3.13. The van der Waals surface area contributed by atoms with Gasteiger partial charge in [0.05, 0.1) is 5.56 Å². The summed E-state index contributed by atoms with van der Waals surface area (Å²) in [6.45, 7) is 3.61. The minimum Gasteiger partial charge on any atom is -0.336 e. The minimum atomic E-state index is -4.44. The highest BCUT2D eigenvalue weighted by Gasteiger charge is 2.32. The van der Waals surface area contributed by atoms with Gasteiger partial charge in [0, 0.05) is 34.8 Å².